The summed E-state index contributed by atoms with van der Waals surface area (Å²) in [6.45, 7) is 3.42. The molecule has 0 atom stereocenters. The summed E-state index contributed by atoms with van der Waals surface area (Å²) in [5, 5.41) is 3.06. The molecule has 0 radical (unpaired) electrons. The van der Waals surface area contributed by atoms with E-state index < -0.39 is 0 Å². The number of halogens is 1. The lowest BCUT2D eigenvalue weighted by atomic mass is 9.88. The summed E-state index contributed by atoms with van der Waals surface area (Å²) in [4.78, 5) is 47.0. The van der Waals surface area contributed by atoms with Gasteiger partial charge in [-0.1, -0.05) is 12.1 Å². The molecule has 9 heteroatoms. The van der Waals surface area contributed by atoms with Crippen LogP contribution in [0.5, 0.6) is 5.75 Å². The van der Waals surface area contributed by atoms with Crippen LogP contribution in [0.2, 0.25) is 0 Å². The van der Waals surface area contributed by atoms with Gasteiger partial charge in [-0.2, -0.15) is 0 Å². The van der Waals surface area contributed by atoms with Gasteiger partial charge in [-0.25, -0.2) is 4.39 Å². The molecule has 2 saturated heterocycles. The van der Waals surface area contributed by atoms with Gasteiger partial charge in [0, 0.05) is 56.4 Å². The Morgan fingerprint density at radius 1 is 0.878 bits per heavy atom. The smallest absolute Gasteiger partial charge is 0.270 e. The molecule has 2 aromatic carbocycles. The molecule has 3 aromatic rings. The summed E-state index contributed by atoms with van der Waals surface area (Å²) >= 11 is 0. The van der Waals surface area contributed by atoms with E-state index in [0.29, 0.717) is 42.8 Å². The molecule has 0 unspecified atom stereocenters. The molecule has 0 aliphatic carbocycles. The molecule has 2 amide bonds. The fourth-order valence-corrected chi connectivity index (χ4v) is 5.52. The Balaban J connectivity index is 1.07. The summed E-state index contributed by atoms with van der Waals surface area (Å²) in [6, 6.07) is 17.0. The number of benzene rings is 2. The van der Waals surface area contributed by atoms with Gasteiger partial charge in [0.1, 0.15) is 17.3 Å². The van der Waals surface area contributed by atoms with Gasteiger partial charge < -0.3 is 15.0 Å². The number of ether oxygens (including phenoxy) is 1. The summed E-state index contributed by atoms with van der Waals surface area (Å²) in [6.07, 6.45) is 4.30. The molecular formula is C32H35FN4O4. The maximum atomic E-state index is 13.1. The van der Waals surface area contributed by atoms with E-state index in [1.807, 2.05) is 0 Å². The number of Topliss-reactive ketones (excluding diaryl/α,β-unsaturated/α-hetero) is 1. The minimum absolute atomic E-state index is 0.0528. The van der Waals surface area contributed by atoms with Crippen molar-refractivity contribution in [2.75, 3.05) is 33.3 Å². The van der Waals surface area contributed by atoms with Crippen molar-refractivity contribution in [2.24, 2.45) is 5.92 Å². The zero-order valence-electron chi connectivity index (χ0n) is 23.2. The monoisotopic (exact) mass is 558 g/mol. The lowest BCUT2D eigenvalue weighted by Crippen LogP contribution is -2.44. The third-order valence-electron chi connectivity index (χ3n) is 8.01. The van der Waals surface area contributed by atoms with E-state index in [9.17, 15) is 18.8 Å². The average molecular weight is 559 g/mol. The number of carbonyl (C=O) groups is 3. The number of nitrogens with one attached hydrogen (secondary N) is 1. The van der Waals surface area contributed by atoms with Crippen LogP contribution in [0, 0.1) is 11.7 Å². The van der Waals surface area contributed by atoms with Crippen molar-refractivity contribution in [1.82, 2.24) is 20.1 Å². The molecule has 0 spiro atoms. The number of rotatable bonds is 8. The van der Waals surface area contributed by atoms with Crippen LogP contribution in [-0.4, -0.2) is 71.7 Å². The molecule has 1 aromatic heterocycles. The van der Waals surface area contributed by atoms with Crippen LogP contribution in [0.4, 0.5) is 4.39 Å². The van der Waals surface area contributed by atoms with Gasteiger partial charge in [-0.3, -0.25) is 24.3 Å². The van der Waals surface area contributed by atoms with Crippen molar-refractivity contribution < 1.29 is 23.5 Å². The summed E-state index contributed by atoms with van der Waals surface area (Å²) in [7, 11) is 1.59. The number of aromatic nitrogens is 1. The highest BCUT2D eigenvalue weighted by molar-refractivity contribution is 5.99. The van der Waals surface area contributed by atoms with E-state index >= 15 is 0 Å². The number of hydrogen-bond donors (Lipinski definition) is 1. The number of amides is 2. The van der Waals surface area contributed by atoms with Crippen LogP contribution < -0.4 is 10.1 Å². The van der Waals surface area contributed by atoms with Crippen LogP contribution >= 0.6 is 0 Å². The van der Waals surface area contributed by atoms with E-state index in [0.717, 1.165) is 38.0 Å². The Labute approximate surface area is 239 Å². The molecule has 2 aliphatic rings. The van der Waals surface area contributed by atoms with Gasteiger partial charge in [0.15, 0.2) is 5.78 Å². The van der Waals surface area contributed by atoms with Crippen LogP contribution in [0.1, 0.15) is 62.5 Å². The minimum atomic E-state index is -0.251. The first-order valence-electron chi connectivity index (χ1n) is 14.1. The molecule has 214 valence electrons. The summed E-state index contributed by atoms with van der Waals surface area (Å²) in [5.74, 6) is 0.0495. The second kappa shape index (κ2) is 13.0. The Kier molecular flexibility index (Phi) is 9.04. The Morgan fingerprint density at radius 3 is 2.15 bits per heavy atom. The topological polar surface area (TPSA) is 91.8 Å². The van der Waals surface area contributed by atoms with Crippen molar-refractivity contribution in [1.29, 1.82) is 0 Å². The predicted molar refractivity (Wildman–Crippen MR) is 152 cm³/mol. The zero-order chi connectivity index (χ0) is 28.8. The summed E-state index contributed by atoms with van der Waals surface area (Å²) < 4.78 is 18.3. The van der Waals surface area contributed by atoms with Crippen LogP contribution in [-0.2, 0) is 6.54 Å². The van der Waals surface area contributed by atoms with E-state index in [4.69, 9.17) is 4.74 Å². The van der Waals surface area contributed by atoms with Gasteiger partial charge in [-0.05, 0) is 79.8 Å². The lowest BCUT2D eigenvalue weighted by Gasteiger charge is -2.32. The van der Waals surface area contributed by atoms with Crippen molar-refractivity contribution in [3.63, 3.8) is 0 Å². The minimum Gasteiger partial charge on any atom is -0.497 e. The van der Waals surface area contributed by atoms with Gasteiger partial charge in [0.2, 0.25) is 0 Å². The van der Waals surface area contributed by atoms with E-state index in [-0.39, 0.29) is 41.1 Å². The van der Waals surface area contributed by atoms with Crippen molar-refractivity contribution in [2.45, 2.75) is 38.3 Å². The third kappa shape index (κ3) is 7.16. The average Bonchev–Trinajstić information content (AvgIpc) is 3.02. The number of carbonyl (C=O) groups excluding carboxylic acids is 3. The normalized spacial score (nSPS) is 16.8. The maximum Gasteiger partial charge on any atom is 0.270 e. The molecule has 2 aliphatic heterocycles. The number of nitrogens with zero attached hydrogens (tertiary/aromatic N) is 3. The predicted octanol–water partition coefficient (Wildman–Crippen LogP) is 4.36. The number of methoxy groups -OCH3 is 1. The van der Waals surface area contributed by atoms with Gasteiger partial charge >= 0.3 is 0 Å². The van der Waals surface area contributed by atoms with Crippen molar-refractivity contribution in [3.8, 4) is 5.75 Å². The quantitative estimate of drug-likeness (QED) is 0.413. The Hall–Kier alpha value is -4.11. The van der Waals surface area contributed by atoms with Gasteiger partial charge in [0.05, 0.1) is 12.7 Å². The Morgan fingerprint density at radius 2 is 1.54 bits per heavy atom. The number of pyridine rings is 1. The first-order valence-corrected chi connectivity index (χ1v) is 14.1. The highest BCUT2D eigenvalue weighted by Gasteiger charge is 2.29. The second-order valence-electron chi connectivity index (χ2n) is 10.7. The largest absolute Gasteiger partial charge is 0.497 e. The first kappa shape index (κ1) is 28.4. The first-order chi connectivity index (χ1) is 19.9. The molecular weight excluding hydrogens is 523 g/mol. The number of likely N-dealkylation sites (tertiary alicyclic amines) is 2. The van der Waals surface area contributed by atoms with Crippen LogP contribution in [0.15, 0.2) is 66.9 Å². The van der Waals surface area contributed by atoms with Crippen LogP contribution in [0.3, 0.4) is 0 Å². The van der Waals surface area contributed by atoms with Gasteiger partial charge in [-0.15, -0.1) is 0 Å². The van der Waals surface area contributed by atoms with E-state index in [1.165, 1.54) is 18.3 Å². The van der Waals surface area contributed by atoms with Gasteiger partial charge in [0.25, 0.3) is 11.8 Å². The Bertz CT molecular complexity index is 1350. The molecule has 0 saturated carbocycles. The van der Waals surface area contributed by atoms with Crippen molar-refractivity contribution >= 4 is 17.6 Å². The SMILES string of the molecule is COc1ccc(C(=O)C2CCN(C(=O)c3ccc(C(=O)NC4CCN(Cc5ccc(F)cc5)CC4)nc3)CC2)cc1. The zero-order valence-corrected chi connectivity index (χ0v) is 23.2. The number of ketones is 1. The molecule has 5 rings (SSSR count). The number of hydrogen-bond acceptors (Lipinski definition) is 6. The second-order valence-corrected chi connectivity index (χ2v) is 10.7. The molecule has 2 fully saturated rings. The fraction of sp³-hybridized carbons (Fsp3) is 0.375. The fourth-order valence-electron chi connectivity index (χ4n) is 5.52. The highest BCUT2D eigenvalue weighted by Crippen LogP contribution is 2.24. The van der Waals surface area contributed by atoms with E-state index in [1.54, 1.807) is 60.5 Å². The van der Waals surface area contributed by atoms with Crippen molar-refractivity contribution in [3.05, 3.63) is 95.1 Å². The molecule has 41 heavy (non-hydrogen) atoms. The third-order valence-corrected chi connectivity index (χ3v) is 8.01. The molecule has 1 N–H and O–H groups in total. The molecule has 0 bridgehead atoms. The van der Waals surface area contributed by atoms with E-state index in [2.05, 4.69) is 15.2 Å². The summed E-state index contributed by atoms with van der Waals surface area (Å²) in [5.41, 5.74) is 2.43. The number of piperidine rings is 2. The standard InChI is InChI=1S/C32H35FN4O4/c1-41-28-9-4-23(5-10-28)30(38)24-12-18-37(19-13-24)32(40)25-6-11-29(34-20-25)31(39)35-27-14-16-36(17-15-27)21-22-2-7-26(33)8-3-22/h2-11,20,24,27H,12-19,21H2,1H3,(H,35,39). The highest BCUT2D eigenvalue weighted by atomic mass is 19.1. The molecule has 8 nitrogen and oxygen atoms in total. The lowest BCUT2D eigenvalue weighted by molar-refractivity contribution is 0.0649. The molecule has 3 heterocycles. The van der Waals surface area contributed by atoms with Crippen LogP contribution in [0.25, 0.3) is 0 Å². The maximum absolute atomic E-state index is 13.1.